The van der Waals surface area contributed by atoms with E-state index >= 15 is 0 Å². The molecule has 0 aliphatic carbocycles. The molecular weight excluding hydrogens is 344 g/mol. The van der Waals surface area contributed by atoms with Crippen molar-refractivity contribution in [2.75, 3.05) is 6.54 Å². The van der Waals surface area contributed by atoms with Crippen molar-refractivity contribution in [3.05, 3.63) is 51.2 Å². The lowest BCUT2D eigenvalue weighted by atomic mass is 10.2. The minimum atomic E-state index is -3.60. The number of aryl methyl sites for hydroxylation is 3. The van der Waals surface area contributed by atoms with Crippen molar-refractivity contribution in [3.8, 4) is 0 Å². The van der Waals surface area contributed by atoms with Crippen LogP contribution in [0.4, 0.5) is 0 Å². The molecule has 0 spiro atoms. The van der Waals surface area contributed by atoms with Crippen LogP contribution in [0.3, 0.4) is 0 Å². The average molecular weight is 367 g/mol. The van der Waals surface area contributed by atoms with Crippen LogP contribution in [0.1, 0.15) is 28.0 Å². The molecule has 1 aromatic heterocycles. The zero-order chi connectivity index (χ0) is 17.7. The molecule has 0 bridgehead atoms. The molecule has 2 rings (SSSR count). The van der Waals surface area contributed by atoms with Crippen LogP contribution in [0.25, 0.3) is 0 Å². The fourth-order valence-corrected chi connectivity index (χ4v) is 4.43. The van der Waals surface area contributed by atoms with Crippen molar-refractivity contribution < 1.29 is 13.2 Å². The van der Waals surface area contributed by atoms with Gasteiger partial charge >= 0.3 is 0 Å². The van der Waals surface area contributed by atoms with E-state index in [0.29, 0.717) is 12.1 Å². The first-order valence-corrected chi connectivity index (χ1v) is 10.0. The van der Waals surface area contributed by atoms with E-state index < -0.39 is 10.0 Å². The zero-order valence-corrected chi connectivity index (χ0v) is 15.7. The summed E-state index contributed by atoms with van der Waals surface area (Å²) in [5.74, 6) is -0.175. The standard InChI is InChI=1S/C17H22N2O3S2/c1-12-4-5-16(14(3)10-12)24(21,22)19-8-6-17(20)18-11-15-13(2)7-9-23-15/h4-5,7,9-10,19H,6,8,11H2,1-3H3,(H,18,20). The topological polar surface area (TPSA) is 75.3 Å². The summed E-state index contributed by atoms with van der Waals surface area (Å²) < 4.78 is 27.1. The van der Waals surface area contributed by atoms with Gasteiger partial charge in [-0.05, 0) is 49.4 Å². The third-order valence-electron chi connectivity index (χ3n) is 3.68. The molecular formula is C17H22N2O3S2. The van der Waals surface area contributed by atoms with Crippen LogP contribution in [0.5, 0.6) is 0 Å². The summed E-state index contributed by atoms with van der Waals surface area (Å²) in [7, 11) is -3.60. The number of rotatable bonds is 7. The number of carbonyl (C=O) groups is 1. The molecule has 1 heterocycles. The van der Waals surface area contributed by atoms with Crippen LogP contribution in [0.2, 0.25) is 0 Å². The fraction of sp³-hybridized carbons (Fsp3) is 0.353. The van der Waals surface area contributed by atoms with Gasteiger partial charge < -0.3 is 5.32 Å². The van der Waals surface area contributed by atoms with Gasteiger partial charge in [-0.3, -0.25) is 4.79 Å². The molecule has 130 valence electrons. The van der Waals surface area contributed by atoms with Crippen molar-refractivity contribution in [1.82, 2.24) is 10.0 Å². The maximum absolute atomic E-state index is 12.3. The molecule has 2 aromatic rings. The van der Waals surface area contributed by atoms with Gasteiger partial charge in [-0.25, -0.2) is 13.1 Å². The van der Waals surface area contributed by atoms with Crippen LogP contribution in [-0.4, -0.2) is 20.9 Å². The second-order valence-corrected chi connectivity index (χ2v) is 8.46. The highest BCUT2D eigenvalue weighted by molar-refractivity contribution is 7.89. The maximum Gasteiger partial charge on any atom is 0.240 e. The van der Waals surface area contributed by atoms with Crippen LogP contribution >= 0.6 is 11.3 Å². The number of hydrogen-bond acceptors (Lipinski definition) is 4. The smallest absolute Gasteiger partial charge is 0.240 e. The molecule has 0 fully saturated rings. The van der Waals surface area contributed by atoms with Crippen molar-refractivity contribution >= 4 is 27.3 Å². The number of amides is 1. The largest absolute Gasteiger partial charge is 0.351 e. The molecule has 0 aliphatic heterocycles. The van der Waals surface area contributed by atoms with Crippen molar-refractivity contribution in [1.29, 1.82) is 0 Å². The van der Waals surface area contributed by atoms with E-state index in [2.05, 4.69) is 10.0 Å². The minimum Gasteiger partial charge on any atom is -0.351 e. The fourth-order valence-electron chi connectivity index (χ4n) is 2.33. The average Bonchev–Trinajstić information content (AvgIpc) is 2.89. The summed E-state index contributed by atoms with van der Waals surface area (Å²) in [4.78, 5) is 13.2. The molecule has 5 nitrogen and oxygen atoms in total. The Morgan fingerprint density at radius 2 is 1.88 bits per heavy atom. The molecule has 0 radical (unpaired) electrons. The molecule has 0 unspecified atom stereocenters. The van der Waals surface area contributed by atoms with Crippen LogP contribution in [-0.2, 0) is 21.4 Å². The Bertz CT molecular complexity index is 826. The van der Waals surface area contributed by atoms with Gasteiger partial charge in [-0.1, -0.05) is 17.7 Å². The minimum absolute atomic E-state index is 0.0743. The molecule has 2 N–H and O–H groups in total. The number of sulfonamides is 1. The highest BCUT2D eigenvalue weighted by Crippen LogP contribution is 2.16. The SMILES string of the molecule is Cc1ccc(S(=O)(=O)NCCC(=O)NCc2sccc2C)c(C)c1. The summed E-state index contributed by atoms with van der Waals surface area (Å²) in [5, 5.41) is 4.79. The lowest BCUT2D eigenvalue weighted by Crippen LogP contribution is -2.30. The van der Waals surface area contributed by atoms with Gasteiger partial charge in [0.2, 0.25) is 15.9 Å². The summed E-state index contributed by atoms with van der Waals surface area (Å²) in [6, 6.07) is 7.18. The summed E-state index contributed by atoms with van der Waals surface area (Å²) >= 11 is 1.59. The zero-order valence-electron chi connectivity index (χ0n) is 14.0. The van der Waals surface area contributed by atoms with Gasteiger partial charge in [0, 0.05) is 17.8 Å². The second kappa shape index (κ2) is 7.92. The van der Waals surface area contributed by atoms with Gasteiger partial charge in [0.25, 0.3) is 0 Å². The van der Waals surface area contributed by atoms with Gasteiger partial charge in [-0.2, -0.15) is 0 Å². The molecule has 7 heteroatoms. The predicted octanol–water partition coefficient (Wildman–Crippen LogP) is 2.66. The number of carbonyl (C=O) groups excluding carboxylic acids is 1. The van der Waals surface area contributed by atoms with Gasteiger partial charge in [-0.15, -0.1) is 11.3 Å². The molecule has 0 aliphatic rings. The van der Waals surface area contributed by atoms with E-state index in [1.54, 1.807) is 30.4 Å². The molecule has 0 saturated carbocycles. The molecule has 0 saturated heterocycles. The van der Waals surface area contributed by atoms with Crippen molar-refractivity contribution in [2.45, 2.75) is 38.6 Å². The van der Waals surface area contributed by atoms with Crippen LogP contribution in [0.15, 0.2) is 34.5 Å². The highest BCUT2D eigenvalue weighted by atomic mass is 32.2. The Morgan fingerprint density at radius 3 is 2.50 bits per heavy atom. The quantitative estimate of drug-likeness (QED) is 0.791. The number of thiophene rings is 1. The molecule has 1 amide bonds. The lowest BCUT2D eigenvalue weighted by molar-refractivity contribution is -0.121. The third kappa shape index (κ3) is 4.90. The lowest BCUT2D eigenvalue weighted by Gasteiger charge is -2.10. The predicted molar refractivity (Wildman–Crippen MR) is 96.6 cm³/mol. The molecule has 0 atom stereocenters. The Morgan fingerprint density at radius 1 is 1.12 bits per heavy atom. The molecule has 1 aromatic carbocycles. The Kier molecular flexibility index (Phi) is 6.15. The van der Waals surface area contributed by atoms with E-state index in [1.165, 1.54) is 0 Å². The van der Waals surface area contributed by atoms with E-state index in [1.807, 2.05) is 31.4 Å². The Balaban J connectivity index is 1.84. The summed E-state index contributed by atoms with van der Waals surface area (Å²) in [5.41, 5.74) is 2.85. The second-order valence-electron chi connectivity index (χ2n) is 5.72. The Labute approximate surface area is 147 Å². The van der Waals surface area contributed by atoms with Crippen LogP contribution in [0, 0.1) is 20.8 Å². The summed E-state index contributed by atoms with van der Waals surface area (Å²) in [6.07, 6.45) is 0.106. The first-order chi connectivity index (χ1) is 11.3. The number of benzene rings is 1. The van der Waals surface area contributed by atoms with E-state index in [9.17, 15) is 13.2 Å². The van der Waals surface area contributed by atoms with Crippen molar-refractivity contribution in [3.63, 3.8) is 0 Å². The van der Waals surface area contributed by atoms with Gasteiger partial charge in [0.05, 0.1) is 11.4 Å². The van der Waals surface area contributed by atoms with E-state index in [0.717, 1.165) is 16.0 Å². The van der Waals surface area contributed by atoms with E-state index in [4.69, 9.17) is 0 Å². The number of hydrogen-bond donors (Lipinski definition) is 2. The first kappa shape index (κ1) is 18.6. The third-order valence-corrected chi connectivity index (χ3v) is 6.32. The van der Waals surface area contributed by atoms with E-state index in [-0.39, 0.29) is 23.8 Å². The van der Waals surface area contributed by atoms with Crippen molar-refractivity contribution in [2.24, 2.45) is 0 Å². The summed E-state index contributed by atoms with van der Waals surface area (Å²) in [6.45, 7) is 6.22. The Hall–Kier alpha value is -1.70. The monoisotopic (exact) mass is 366 g/mol. The first-order valence-electron chi connectivity index (χ1n) is 7.66. The van der Waals surface area contributed by atoms with Crippen LogP contribution < -0.4 is 10.0 Å². The normalized spacial score (nSPS) is 11.5. The number of nitrogens with one attached hydrogen (secondary N) is 2. The maximum atomic E-state index is 12.3. The molecule has 24 heavy (non-hydrogen) atoms. The van der Waals surface area contributed by atoms with Gasteiger partial charge in [0.1, 0.15) is 0 Å². The highest BCUT2D eigenvalue weighted by Gasteiger charge is 2.16. The van der Waals surface area contributed by atoms with Gasteiger partial charge in [0.15, 0.2) is 0 Å².